The largest absolute Gasteiger partial charge is 0.490 e. The van der Waals surface area contributed by atoms with Crippen molar-refractivity contribution in [1.29, 1.82) is 0 Å². The van der Waals surface area contributed by atoms with Gasteiger partial charge in [0.15, 0.2) is 0 Å². The van der Waals surface area contributed by atoms with E-state index >= 15 is 0 Å². The Labute approximate surface area is 114 Å². The van der Waals surface area contributed by atoms with Crippen molar-refractivity contribution in [2.45, 2.75) is 26.4 Å². The van der Waals surface area contributed by atoms with E-state index in [1.807, 2.05) is 55.5 Å². The Kier molecular flexibility index (Phi) is 4.58. The average Bonchev–Trinajstić information content (AvgIpc) is 2.45. The molecule has 0 heterocycles. The first-order valence-corrected chi connectivity index (χ1v) is 6.66. The van der Waals surface area contributed by atoms with E-state index in [4.69, 9.17) is 4.74 Å². The van der Waals surface area contributed by atoms with Crippen LogP contribution in [0.4, 0.5) is 0 Å². The molecule has 0 bridgehead atoms. The smallest absolute Gasteiger partial charge is 0.122 e. The highest BCUT2D eigenvalue weighted by molar-refractivity contribution is 5.33. The van der Waals surface area contributed by atoms with Crippen LogP contribution in [0.15, 0.2) is 48.5 Å². The number of hydrogen-bond acceptors (Lipinski definition) is 2. The van der Waals surface area contributed by atoms with E-state index in [0.29, 0.717) is 0 Å². The maximum absolute atomic E-state index is 10.1. The van der Waals surface area contributed by atoms with Crippen molar-refractivity contribution < 1.29 is 9.84 Å². The van der Waals surface area contributed by atoms with E-state index in [-0.39, 0.29) is 6.61 Å². The lowest BCUT2D eigenvalue weighted by Gasteiger charge is -2.15. The summed E-state index contributed by atoms with van der Waals surface area (Å²) in [5, 5.41) is 10.1. The van der Waals surface area contributed by atoms with Gasteiger partial charge in [-0.1, -0.05) is 55.0 Å². The molecule has 0 aliphatic heterocycles. The number of rotatable bonds is 5. The highest BCUT2D eigenvalue weighted by Gasteiger charge is 2.09. The van der Waals surface area contributed by atoms with Gasteiger partial charge in [-0.25, -0.2) is 0 Å². The molecule has 0 amide bonds. The second-order valence-corrected chi connectivity index (χ2v) is 4.70. The molecule has 0 aromatic heterocycles. The van der Waals surface area contributed by atoms with Crippen LogP contribution in [0.1, 0.15) is 29.7 Å². The summed E-state index contributed by atoms with van der Waals surface area (Å²) in [4.78, 5) is 0. The summed E-state index contributed by atoms with van der Waals surface area (Å²) in [6.07, 6.45) is 0.335. The summed E-state index contributed by atoms with van der Waals surface area (Å²) in [7, 11) is 0. The lowest BCUT2D eigenvalue weighted by atomic mass is 10.1. The zero-order chi connectivity index (χ0) is 13.7. The Balaban J connectivity index is 2.00. The molecule has 2 aromatic carbocycles. The second-order valence-electron chi connectivity index (χ2n) is 4.70. The van der Waals surface area contributed by atoms with E-state index in [0.717, 1.165) is 17.7 Å². The van der Waals surface area contributed by atoms with Gasteiger partial charge in [0, 0.05) is 0 Å². The van der Waals surface area contributed by atoms with Gasteiger partial charge in [-0.05, 0) is 30.5 Å². The fraction of sp³-hybridized carbons (Fsp3) is 0.294. The number of aliphatic hydroxyl groups is 1. The van der Waals surface area contributed by atoms with Gasteiger partial charge >= 0.3 is 0 Å². The highest BCUT2D eigenvalue weighted by atomic mass is 16.5. The van der Waals surface area contributed by atoms with Crippen LogP contribution in [0.3, 0.4) is 0 Å². The molecular weight excluding hydrogens is 236 g/mol. The summed E-state index contributed by atoms with van der Waals surface area (Å²) in [6, 6.07) is 15.8. The number of benzene rings is 2. The zero-order valence-corrected chi connectivity index (χ0v) is 11.5. The van der Waals surface area contributed by atoms with Crippen LogP contribution >= 0.6 is 0 Å². The topological polar surface area (TPSA) is 29.5 Å². The summed E-state index contributed by atoms with van der Waals surface area (Å²) < 4.78 is 5.72. The van der Waals surface area contributed by atoms with Crippen LogP contribution in [0.2, 0.25) is 0 Å². The predicted molar refractivity (Wildman–Crippen MR) is 77.5 cm³/mol. The molecule has 0 fully saturated rings. The third kappa shape index (κ3) is 3.58. The minimum Gasteiger partial charge on any atom is -0.490 e. The third-order valence-electron chi connectivity index (χ3n) is 3.21. The molecule has 2 nitrogen and oxygen atoms in total. The van der Waals surface area contributed by atoms with Crippen LogP contribution in [0, 0.1) is 6.92 Å². The van der Waals surface area contributed by atoms with Crippen molar-refractivity contribution in [2.75, 3.05) is 6.61 Å². The van der Waals surface area contributed by atoms with Gasteiger partial charge in [0.1, 0.15) is 18.5 Å². The maximum Gasteiger partial charge on any atom is 0.122 e. The van der Waals surface area contributed by atoms with Crippen molar-refractivity contribution in [1.82, 2.24) is 0 Å². The van der Waals surface area contributed by atoms with Crippen molar-refractivity contribution in [3.05, 3.63) is 65.2 Å². The highest BCUT2D eigenvalue weighted by Crippen LogP contribution is 2.21. The Morgan fingerprint density at radius 2 is 1.74 bits per heavy atom. The standard InChI is InChI=1S/C17H20O2/c1-3-14-6-4-5-7-17(14)19-12-16(18)15-10-8-13(2)9-11-15/h4-11,16,18H,3,12H2,1-2H3. The van der Waals surface area contributed by atoms with Gasteiger partial charge < -0.3 is 9.84 Å². The average molecular weight is 256 g/mol. The molecule has 1 unspecified atom stereocenters. The molecule has 1 atom stereocenters. The first-order chi connectivity index (χ1) is 9.20. The second kappa shape index (κ2) is 6.39. The fourth-order valence-electron chi connectivity index (χ4n) is 1.99. The number of para-hydroxylation sites is 1. The van der Waals surface area contributed by atoms with Crippen molar-refractivity contribution >= 4 is 0 Å². The van der Waals surface area contributed by atoms with Crippen molar-refractivity contribution in [3.63, 3.8) is 0 Å². The minimum atomic E-state index is -0.592. The van der Waals surface area contributed by atoms with E-state index in [1.54, 1.807) is 0 Å². The Morgan fingerprint density at radius 3 is 2.42 bits per heavy atom. The van der Waals surface area contributed by atoms with Gasteiger partial charge in [0.05, 0.1) is 0 Å². The van der Waals surface area contributed by atoms with E-state index in [1.165, 1.54) is 11.1 Å². The molecule has 0 radical (unpaired) electrons. The molecule has 1 N–H and O–H groups in total. The molecule has 2 heteroatoms. The van der Waals surface area contributed by atoms with Gasteiger partial charge in [0.2, 0.25) is 0 Å². The van der Waals surface area contributed by atoms with Crippen LogP contribution in [-0.4, -0.2) is 11.7 Å². The van der Waals surface area contributed by atoms with Crippen molar-refractivity contribution in [3.8, 4) is 5.75 Å². The predicted octanol–water partition coefficient (Wildman–Crippen LogP) is 3.67. The zero-order valence-electron chi connectivity index (χ0n) is 11.5. The van der Waals surface area contributed by atoms with Crippen LogP contribution in [0.5, 0.6) is 5.75 Å². The molecule has 0 saturated carbocycles. The van der Waals surface area contributed by atoms with Crippen LogP contribution in [-0.2, 0) is 6.42 Å². The molecule has 19 heavy (non-hydrogen) atoms. The summed E-state index contributed by atoms with van der Waals surface area (Å²) in [5.74, 6) is 0.858. The molecule has 0 aliphatic rings. The quantitative estimate of drug-likeness (QED) is 0.884. The Hall–Kier alpha value is -1.80. The number of aryl methyl sites for hydroxylation is 2. The van der Waals surface area contributed by atoms with Gasteiger partial charge in [-0.3, -0.25) is 0 Å². The molecule has 2 aromatic rings. The van der Waals surface area contributed by atoms with E-state index < -0.39 is 6.10 Å². The first-order valence-electron chi connectivity index (χ1n) is 6.66. The molecular formula is C17H20O2. The number of aliphatic hydroxyl groups excluding tert-OH is 1. The summed E-state index contributed by atoms with van der Waals surface area (Å²) in [6.45, 7) is 4.41. The lowest BCUT2D eigenvalue weighted by Crippen LogP contribution is -2.10. The molecule has 100 valence electrons. The summed E-state index contributed by atoms with van der Waals surface area (Å²) >= 11 is 0. The first kappa shape index (κ1) is 13.6. The normalized spacial score (nSPS) is 12.2. The minimum absolute atomic E-state index is 0.278. The van der Waals surface area contributed by atoms with Gasteiger partial charge in [-0.15, -0.1) is 0 Å². The SMILES string of the molecule is CCc1ccccc1OCC(O)c1ccc(C)cc1. The van der Waals surface area contributed by atoms with Gasteiger partial charge in [0.25, 0.3) is 0 Å². The fourth-order valence-corrected chi connectivity index (χ4v) is 1.99. The number of ether oxygens (including phenoxy) is 1. The number of hydrogen-bond donors (Lipinski definition) is 1. The summed E-state index contributed by atoms with van der Waals surface area (Å²) in [5.41, 5.74) is 3.24. The van der Waals surface area contributed by atoms with Crippen molar-refractivity contribution in [2.24, 2.45) is 0 Å². The molecule has 2 rings (SSSR count). The Morgan fingerprint density at radius 1 is 1.05 bits per heavy atom. The maximum atomic E-state index is 10.1. The molecule has 0 aliphatic carbocycles. The third-order valence-corrected chi connectivity index (χ3v) is 3.21. The van der Waals surface area contributed by atoms with Gasteiger partial charge in [-0.2, -0.15) is 0 Å². The lowest BCUT2D eigenvalue weighted by molar-refractivity contribution is 0.107. The molecule has 0 saturated heterocycles. The van der Waals surface area contributed by atoms with Crippen LogP contribution in [0.25, 0.3) is 0 Å². The Bertz CT molecular complexity index is 517. The molecule has 0 spiro atoms. The van der Waals surface area contributed by atoms with Crippen LogP contribution < -0.4 is 4.74 Å². The van der Waals surface area contributed by atoms with E-state index in [9.17, 15) is 5.11 Å². The monoisotopic (exact) mass is 256 g/mol. The van der Waals surface area contributed by atoms with E-state index in [2.05, 4.69) is 6.92 Å².